The zero-order chi connectivity index (χ0) is 15.6. The minimum Gasteiger partial charge on any atom is -0.256 e. The van der Waals surface area contributed by atoms with E-state index in [0.29, 0.717) is 11.4 Å². The molecule has 22 heavy (non-hydrogen) atoms. The van der Waals surface area contributed by atoms with Crippen molar-refractivity contribution >= 4 is 48.6 Å². The summed E-state index contributed by atoms with van der Waals surface area (Å²) < 4.78 is 28.1. The summed E-state index contributed by atoms with van der Waals surface area (Å²) in [6, 6.07) is 5.20. The highest BCUT2D eigenvalue weighted by Gasteiger charge is 2.18. The molecule has 0 radical (unpaired) electrons. The van der Waals surface area contributed by atoms with Crippen molar-refractivity contribution in [3.05, 3.63) is 50.8 Å². The molecule has 0 aliphatic carbocycles. The van der Waals surface area contributed by atoms with Crippen LogP contribution < -0.4 is 4.72 Å². The van der Waals surface area contributed by atoms with Crippen LogP contribution in [-0.4, -0.2) is 18.4 Å². The number of thiophene rings is 2. The maximum atomic E-state index is 12.2. The molecule has 9 heteroatoms. The van der Waals surface area contributed by atoms with Crippen molar-refractivity contribution in [3.8, 4) is 11.3 Å². The molecule has 3 aromatic rings. The lowest BCUT2D eigenvalue weighted by Gasteiger charge is -2.07. The summed E-state index contributed by atoms with van der Waals surface area (Å²) in [5, 5.41) is 3.90. The Bertz CT molecular complexity index is 876. The van der Waals surface area contributed by atoms with Crippen LogP contribution in [0, 0.1) is 0 Å². The van der Waals surface area contributed by atoms with E-state index < -0.39 is 10.0 Å². The van der Waals surface area contributed by atoms with Gasteiger partial charge >= 0.3 is 0 Å². The normalized spacial score (nSPS) is 11.7. The Labute approximate surface area is 144 Å². The maximum absolute atomic E-state index is 12.2. The zero-order valence-corrected chi connectivity index (χ0v) is 15.1. The number of hydrogen-bond donors (Lipinski definition) is 1. The highest BCUT2D eigenvalue weighted by atomic mass is 79.9. The Kier molecular flexibility index (Phi) is 4.69. The van der Waals surface area contributed by atoms with Gasteiger partial charge in [0.2, 0.25) is 10.0 Å². The lowest BCUT2D eigenvalue weighted by atomic mass is 10.2. The summed E-state index contributed by atoms with van der Waals surface area (Å²) in [5.74, 6) is 0. The highest BCUT2D eigenvalue weighted by molar-refractivity contribution is 9.11. The lowest BCUT2D eigenvalue weighted by molar-refractivity contribution is 0.582. The Morgan fingerprint density at radius 1 is 1.18 bits per heavy atom. The quantitative estimate of drug-likeness (QED) is 0.691. The molecule has 0 atom stereocenters. The van der Waals surface area contributed by atoms with Gasteiger partial charge in [0.15, 0.2) is 0 Å². The second-order valence-electron chi connectivity index (χ2n) is 4.25. The summed E-state index contributed by atoms with van der Waals surface area (Å²) in [5.41, 5.74) is 2.23. The van der Waals surface area contributed by atoms with Crippen LogP contribution in [0.3, 0.4) is 0 Å². The fourth-order valence-corrected chi connectivity index (χ4v) is 5.50. The number of aromatic nitrogens is 2. The molecule has 0 bridgehead atoms. The number of halogens is 1. The second kappa shape index (κ2) is 6.55. The number of sulfonamides is 1. The Morgan fingerprint density at radius 2 is 2.00 bits per heavy atom. The first-order valence-electron chi connectivity index (χ1n) is 6.14. The standard InChI is InChI=1S/C13H10BrN3O2S3/c14-11-1-2-12(21-11)22(18,19)17-7-10-13(16-5-4-15-10)9-3-6-20-8-9/h1-6,8,17H,7H2. The molecule has 3 rings (SSSR count). The van der Waals surface area contributed by atoms with Crippen molar-refractivity contribution in [2.75, 3.05) is 0 Å². The molecule has 0 saturated heterocycles. The fourth-order valence-electron chi connectivity index (χ4n) is 1.81. The van der Waals surface area contributed by atoms with Crippen molar-refractivity contribution in [1.29, 1.82) is 0 Å². The van der Waals surface area contributed by atoms with Crippen LogP contribution in [0.2, 0.25) is 0 Å². The van der Waals surface area contributed by atoms with Gasteiger partial charge in [0.1, 0.15) is 4.21 Å². The van der Waals surface area contributed by atoms with E-state index >= 15 is 0 Å². The van der Waals surface area contributed by atoms with Gasteiger partial charge in [-0.1, -0.05) is 0 Å². The largest absolute Gasteiger partial charge is 0.256 e. The summed E-state index contributed by atoms with van der Waals surface area (Å²) in [4.78, 5) is 8.55. The predicted molar refractivity (Wildman–Crippen MR) is 91.4 cm³/mol. The monoisotopic (exact) mass is 415 g/mol. The summed E-state index contributed by atoms with van der Waals surface area (Å²) in [6.07, 6.45) is 3.16. The average molecular weight is 416 g/mol. The predicted octanol–water partition coefficient (Wildman–Crippen LogP) is 3.51. The highest BCUT2D eigenvalue weighted by Crippen LogP contribution is 2.26. The van der Waals surface area contributed by atoms with Crippen LogP contribution in [0.4, 0.5) is 0 Å². The average Bonchev–Trinajstić information content (AvgIpc) is 3.17. The fraction of sp³-hybridized carbons (Fsp3) is 0.0769. The van der Waals surface area contributed by atoms with Gasteiger partial charge in [-0.25, -0.2) is 13.1 Å². The Morgan fingerprint density at radius 3 is 2.68 bits per heavy atom. The van der Waals surface area contributed by atoms with Crippen LogP contribution in [0.5, 0.6) is 0 Å². The van der Waals surface area contributed by atoms with Crippen LogP contribution in [0.1, 0.15) is 5.69 Å². The molecule has 5 nitrogen and oxygen atoms in total. The van der Waals surface area contributed by atoms with Crippen molar-refractivity contribution in [2.24, 2.45) is 0 Å². The van der Waals surface area contributed by atoms with Crippen LogP contribution >= 0.6 is 38.6 Å². The van der Waals surface area contributed by atoms with Crippen molar-refractivity contribution in [2.45, 2.75) is 10.8 Å². The van der Waals surface area contributed by atoms with Gasteiger partial charge in [-0.2, -0.15) is 11.3 Å². The minimum atomic E-state index is -3.55. The molecule has 0 aliphatic heterocycles. The summed E-state index contributed by atoms with van der Waals surface area (Å²) in [7, 11) is -3.55. The van der Waals surface area contributed by atoms with Crippen LogP contribution in [0.15, 0.2) is 49.3 Å². The van der Waals surface area contributed by atoms with E-state index in [1.165, 1.54) is 0 Å². The Hall–Kier alpha value is -1.13. The third-order valence-electron chi connectivity index (χ3n) is 2.81. The molecule has 0 spiro atoms. The van der Waals surface area contributed by atoms with Gasteiger partial charge in [-0.15, -0.1) is 11.3 Å². The van der Waals surface area contributed by atoms with E-state index in [1.807, 2.05) is 16.8 Å². The first-order chi connectivity index (χ1) is 10.6. The number of rotatable bonds is 5. The third-order valence-corrected chi connectivity index (χ3v) is 7.01. The third kappa shape index (κ3) is 3.44. The molecular weight excluding hydrogens is 406 g/mol. The van der Waals surface area contributed by atoms with E-state index in [9.17, 15) is 8.42 Å². The van der Waals surface area contributed by atoms with Gasteiger partial charge in [0, 0.05) is 23.3 Å². The lowest BCUT2D eigenvalue weighted by Crippen LogP contribution is -2.23. The first kappa shape index (κ1) is 15.8. The van der Waals surface area contributed by atoms with E-state index in [0.717, 1.165) is 20.7 Å². The molecule has 0 aliphatic rings. The summed E-state index contributed by atoms with van der Waals surface area (Å²) in [6.45, 7) is 0.0941. The molecular formula is C13H10BrN3O2S3. The van der Waals surface area contributed by atoms with Gasteiger partial charge in [0.05, 0.1) is 21.7 Å². The molecule has 1 N–H and O–H groups in total. The SMILES string of the molecule is O=S(=O)(NCc1nccnc1-c1ccsc1)c1ccc(Br)s1. The van der Waals surface area contributed by atoms with Gasteiger partial charge in [0.25, 0.3) is 0 Å². The first-order valence-corrected chi connectivity index (χ1v) is 10.2. The van der Waals surface area contributed by atoms with E-state index in [1.54, 1.807) is 35.9 Å². The minimum absolute atomic E-state index is 0.0941. The van der Waals surface area contributed by atoms with Crippen molar-refractivity contribution in [3.63, 3.8) is 0 Å². The van der Waals surface area contributed by atoms with Crippen molar-refractivity contribution < 1.29 is 8.42 Å². The molecule has 0 fully saturated rings. The van der Waals surface area contributed by atoms with Crippen molar-refractivity contribution in [1.82, 2.24) is 14.7 Å². The number of nitrogens with zero attached hydrogens (tertiary/aromatic N) is 2. The van der Waals surface area contributed by atoms with E-state index in [2.05, 4.69) is 30.6 Å². The van der Waals surface area contributed by atoms with E-state index in [4.69, 9.17) is 0 Å². The maximum Gasteiger partial charge on any atom is 0.250 e. The Balaban J connectivity index is 1.83. The molecule has 0 saturated carbocycles. The molecule has 3 heterocycles. The molecule has 3 aromatic heterocycles. The van der Waals surface area contributed by atoms with Crippen LogP contribution in [0.25, 0.3) is 11.3 Å². The summed E-state index contributed by atoms with van der Waals surface area (Å²) >= 11 is 5.98. The number of hydrogen-bond acceptors (Lipinski definition) is 6. The van der Waals surface area contributed by atoms with Crippen LogP contribution in [-0.2, 0) is 16.6 Å². The zero-order valence-electron chi connectivity index (χ0n) is 11.1. The number of nitrogens with one attached hydrogen (secondary N) is 1. The second-order valence-corrected chi connectivity index (χ2v) is 9.48. The molecule has 0 unspecified atom stereocenters. The molecule has 0 amide bonds. The van der Waals surface area contributed by atoms with E-state index in [-0.39, 0.29) is 10.8 Å². The van der Waals surface area contributed by atoms with Gasteiger partial charge in [-0.3, -0.25) is 9.97 Å². The van der Waals surface area contributed by atoms with Gasteiger partial charge in [-0.05, 0) is 39.5 Å². The smallest absolute Gasteiger partial charge is 0.250 e. The van der Waals surface area contributed by atoms with Gasteiger partial charge < -0.3 is 0 Å². The molecule has 114 valence electrons. The topological polar surface area (TPSA) is 72.0 Å². The molecule has 0 aromatic carbocycles.